The topological polar surface area (TPSA) is 116 Å². The number of benzene rings is 2. The van der Waals surface area contributed by atoms with Crippen molar-refractivity contribution in [1.29, 1.82) is 5.41 Å². The molecule has 186 valence electrons. The Hall–Kier alpha value is -4.07. The molecule has 4 rings (SSSR count). The summed E-state index contributed by atoms with van der Waals surface area (Å²) < 4.78 is 0. The second-order valence-corrected chi connectivity index (χ2v) is 9.62. The zero-order valence-corrected chi connectivity index (χ0v) is 20.9. The molecule has 2 atom stereocenters. The van der Waals surface area contributed by atoms with Gasteiger partial charge in [-0.05, 0) is 35.1 Å². The van der Waals surface area contributed by atoms with Gasteiger partial charge in [-0.15, -0.1) is 0 Å². The lowest BCUT2D eigenvalue weighted by molar-refractivity contribution is -0.129. The number of hydrogen-bond acceptors (Lipinski definition) is 5. The first kappa shape index (κ1) is 25.0. The van der Waals surface area contributed by atoms with Crippen molar-refractivity contribution in [2.75, 3.05) is 0 Å². The molecule has 0 spiro atoms. The van der Waals surface area contributed by atoms with Crippen molar-refractivity contribution in [1.82, 2.24) is 19.8 Å². The summed E-state index contributed by atoms with van der Waals surface area (Å²) in [5, 5.41) is 8.31. The molecule has 2 heterocycles. The smallest absolute Gasteiger partial charge is 0.254 e. The molecular formula is C28H32N6O2. The lowest BCUT2D eigenvalue weighted by Crippen LogP contribution is -2.45. The van der Waals surface area contributed by atoms with E-state index in [4.69, 9.17) is 11.1 Å². The number of rotatable bonds is 7. The maximum absolute atomic E-state index is 13.5. The van der Waals surface area contributed by atoms with E-state index in [0.29, 0.717) is 30.1 Å². The van der Waals surface area contributed by atoms with Crippen LogP contribution in [0.4, 0.5) is 0 Å². The fourth-order valence-electron chi connectivity index (χ4n) is 4.40. The van der Waals surface area contributed by atoms with Crippen LogP contribution in [-0.2, 0) is 17.9 Å². The van der Waals surface area contributed by atoms with Crippen LogP contribution in [0.5, 0.6) is 0 Å². The summed E-state index contributed by atoms with van der Waals surface area (Å²) in [6.07, 6.45) is 3.53. The van der Waals surface area contributed by atoms with Crippen LogP contribution in [0.1, 0.15) is 66.1 Å². The molecule has 0 radical (unpaired) electrons. The Morgan fingerprint density at radius 1 is 0.972 bits per heavy atom. The van der Waals surface area contributed by atoms with Gasteiger partial charge in [0.05, 0.1) is 30.5 Å². The van der Waals surface area contributed by atoms with Crippen LogP contribution in [0.2, 0.25) is 0 Å². The molecule has 8 heteroatoms. The molecule has 1 unspecified atom stereocenters. The van der Waals surface area contributed by atoms with E-state index in [1.165, 1.54) is 4.90 Å². The zero-order valence-electron chi connectivity index (χ0n) is 20.9. The summed E-state index contributed by atoms with van der Waals surface area (Å²) >= 11 is 0. The van der Waals surface area contributed by atoms with Gasteiger partial charge in [-0.1, -0.05) is 63.2 Å². The summed E-state index contributed by atoms with van der Waals surface area (Å²) in [4.78, 5) is 38.6. The van der Waals surface area contributed by atoms with Gasteiger partial charge in [0.25, 0.3) is 5.91 Å². The van der Waals surface area contributed by atoms with Gasteiger partial charge in [-0.3, -0.25) is 29.9 Å². The third kappa shape index (κ3) is 5.27. The number of guanidine groups is 1. The normalized spacial score (nSPS) is 14.3. The highest BCUT2D eigenvalue weighted by Gasteiger charge is 2.32. The van der Waals surface area contributed by atoms with E-state index in [1.54, 1.807) is 35.5 Å². The molecule has 0 saturated heterocycles. The number of fused-ring (bicyclic) bond motifs is 1. The van der Waals surface area contributed by atoms with E-state index < -0.39 is 6.04 Å². The number of amides is 2. The maximum Gasteiger partial charge on any atom is 0.254 e. The van der Waals surface area contributed by atoms with Gasteiger partial charge in [-0.25, -0.2) is 0 Å². The summed E-state index contributed by atoms with van der Waals surface area (Å²) in [6, 6.07) is 16.1. The summed E-state index contributed by atoms with van der Waals surface area (Å²) in [7, 11) is 0. The number of aromatic nitrogens is 2. The third-order valence-electron chi connectivity index (χ3n) is 6.81. The average Bonchev–Trinajstić information content (AvgIpc) is 3.31. The third-order valence-corrected chi connectivity index (χ3v) is 6.81. The van der Waals surface area contributed by atoms with E-state index in [9.17, 15) is 9.59 Å². The fraction of sp³-hybridized carbons (Fsp3) is 0.321. The summed E-state index contributed by atoms with van der Waals surface area (Å²) in [6.45, 7) is 6.97. The molecular weight excluding hydrogens is 452 g/mol. The highest BCUT2D eigenvalue weighted by atomic mass is 16.2. The van der Waals surface area contributed by atoms with E-state index in [-0.39, 0.29) is 30.1 Å². The predicted octanol–water partition coefficient (Wildman–Crippen LogP) is 4.13. The predicted molar refractivity (Wildman–Crippen MR) is 138 cm³/mol. The largest absolute Gasteiger partial charge is 0.370 e. The van der Waals surface area contributed by atoms with Gasteiger partial charge >= 0.3 is 0 Å². The van der Waals surface area contributed by atoms with Gasteiger partial charge in [0.15, 0.2) is 5.96 Å². The molecule has 0 bridgehead atoms. The molecule has 0 aliphatic carbocycles. The summed E-state index contributed by atoms with van der Waals surface area (Å²) in [5.74, 6) is -0.247. The van der Waals surface area contributed by atoms with Gasteiger partial charge in [-0.2, -0.15) is 0 Å². The Kier molecular flexibility index (Phi) is 7.43. The molecule has 0 fully saturated rings. The number of carbonyl (C=O) groups is 2. The first-order chi connectivity index (χ1) is 17.3. The van der Waals surface area contributed by atoms with Gasteiger partial charge in [0, 0.05) is 24.4 Å². The van der Waals surface area contributed by atoms with Gasteiger partial charge < -0.3 is 10.6 Å². The minimum absolute atomic E-state index is 0.128. The van der Waals surface area contributed by atoms with Crippen LogP contribution >= 0.6 is 0 Å². The van der Waals surface area contributed by atoms with Crippen molar-refractivity contribution in [3.63, 3.8) is 0 Å². The van der Waals surface area contributed by atoms with Crippen molar-refractivity contribution in [2.45, 2.75) is 46.3 Å². The zero-order chi connectivity index (χ0) is 25.8. The van der Waals surface area contributed by atoms with E-state index >= 15 is 0 Å². The van der Waals surface area contributed by atoms with Gasteiger partial charge in [0.1, 0.15) is 0 Å². The van der Waals surface area contributed by atoms with E-state index in [0.717, 1.165) is 17.0 Å². The van der Waals surface area contributed by atoms with E-state index in [2.05, 4.69) is 23.8 Å². The lowest BCUT2D eigenvalue weighted by atomic mass is 9.92. The highest BCUT2D eigenvalue weighted by molar-refractivity contribution is 5.97. The quantitative estimate of drug-likeness (QED) is 0.386. The van der Waals surface area contributed by atoms with E-state index in [1.807, 2.05) is 43.3 Å². The molecule has 2 aromatic carbocycles. The monoisotopic (exact) mass is 484 g/mol. The fourth-order valence-corrected chi connectivity index (χ4v) is 4.40. The maximum atomic E-state index is 13.5. The number of nitrogens with one attached hydrogen (secondary N) is 1. The Morgan fingerprint density at radius 3 is 2.17 bits per heavy atom. The van der Waals surface area contributed by atoms with Crippen LogP contribution in [-0.4, -0.2) is 37.5 Å². The van der Waals surface area contributed by atoms with Crippen molar-refractivity contribution < 1.29 is 9.59 Å². The average molecular weight is 485 g/mol. The van der Waals surface area contributed by atoms with Crippen LogP contribution < -0.4 is 5.73 Å². The molecule has 1 aliphatic rings. The number of nitrogens with zero attached hydrogens (tertiary/aromatic N) is 4. The van der Waals surface area contributed by atoms with Crippen molar-refractivity contribution in [3.8, 4) is 0 Å². The van der Waals surface area contributed by atoms with Gasteiger partial charge in [0.2, 0.25) is 5.91 Å². The highest BCUT2D eigenvalue weighted by Crippen LogP contribution is 2.31. The SMILES string of the molecule is CC(C)[C@H](C)CC(=O)N(C(=N)N)C(c1ccccc1)c1cccc(C(=O)N2Cc3nccnc3C2)c1. The molecule has 1 aliphatic heterocycles. The standard InChI is InChI=1S/C28H32N6O2/c1-18(2)19(3)14-25(35)34(28(29)30)26(20-8-5-4-6-9-20)21-10-7-11-22(15-21)27(36)33-16-23-24(17-33)32-13-12-31-23/h4-13,15,18-19,26H,14,16-17H2,1-3H3,(H3,29,30)/t19-,26?/m1/s1. The Bertz CT molecular complexity index is 1230. The van der Waals surface area contributed by atoms with Crippen LogP contribution in [0.15, 0.2) is 67.0 Å². The molecule has 3 aromatic rings. The number of carbonyl (C=O) groups excluding carboxylic acids is 2. The molecule has 0 saturated carbocycles. The Morgan fingerprint density at radius 2 is 1.58 bits per heavy atom. The first-order valence-electron chi connectivity index (χ1n) is 12.1. The van der Waals surface area contributed by atoms with Crippen LogP contribution in [0.25, 0.3) is 0 Å². The molecule has 2 amide bonds. The lowest BCUT2D eigenvalue weighted by Gasteiger charge is -2.32. The second kappa shape index (κ2) is 10.7. The molecule has 8 nitrogen and oxygen atoms in total. The molecule has 3 N–H and O–H groups in total. The Labute approximate surface area is 211 Å². The van der Waals surface area contributed by atoms with Crippen molar-refractivity contribution >= 4 is 17.8 Å². The Balaban J connectivity index is 1.69. The summed E-state index contributed by atoms with van der Waals surface area (Å²) in [5.41, 5.74) is 9.63. The first-order valence-corrected chi connectivity index (χ1v) is 12.1. The van der Waals surface area contributed by atoms with Crippen molar-refractivity contribution in [2.24, 2.45) is 17.6 Å². The molecule has 36 heavy (non-hydrogen) atoms. The number of nitrogens with two attached hydrogens (primary N) is 1. The second-order valence-electron chi connectivity index (χ2n) is 9.62. The molecule has 1 aromatic heterocycles. The minimum atomic E-state index is -0.637. The minimum Gasteiger partial charge on any atom is -0.370 e. The van der Waals surface area contributed by atoms with Crippen LogP contribution in [0, 0.1) is 17.2 Å². The van der Waals surface area contributed by atoms with Crippen LogP contribution in [0.3, 0.4) is 0 Å². The number of hydrogen-bond donors (Lipinski definition) is 2. The van der Waals surface area contributed by atoms with Crippen molar-refractivity contribution in [3.05, 3.63) is 95.1 Å².